The van der Waals surface area contributed by atoms with Crippen LogP contribution in [0.25, 0.3) is 10.9 Å². The predicted molar refractivity (Wildman–Crippen MR) is 105 cm³/mol. The van der Waals surface area contributed by atoms with E-state index in [1.807, 2.05) is 11.2 Å². The third kappa shape index (κ3) is 3.34. The van der Waals surface area contributed by atoms with E-state index in [4.69, 9.17) is 4.74 Å². The highest BCUT2D eigenvalue weighted by Gasteiger charge is 2.23. The highest BCUT2D eigenvalue weighted by atomic mass is 32.2. The van der Waals surface area contributed by atoms with Gasteiger partial charge < -0.3 is 4.74 Å². The molecule has 1 fully saturated rings. The Morgan fingerprint density at radius 2 is 1.70 bits per heavy atom. The molecular weight excluding hydrogens is 384 g/mol. The SMILES string of the molecule is Cc1ccc(S(=O)(=O)n2ccc3c(S(=O)N4CCOCC4)cccc32)cc1. The second-order valence-electron chi connectivity index (χ2n) is 6.41. The minimum Gasteiger partial charge on any atom is -0.379 e. The molecule has 1 aliphatic rings. The van der Waals surface area contributed by atoms with Crippen LogP contribution in [0.1, 0.15) is 5.56 Å². The van der Waals surface area contributed by atoms with E-state index in [1.165, 1.54) is 10.2 Å². The van der Waals surface area contributed by atoms with E-state index in [1.54, 1.807) is 48.5 Å². The second-order valence-corrected chi connectivity index (χ2v) is 9.68. The number of fused-ring (bicyclic) bond motifs is 1. The van der Waals surface area contributed by atoms with E-state index in [0.29, 0.717) is 42.1 Å². The first-order valence-corrected chi connectivity index (χ1v) is 11.2. The first-order valence-electron chi connectivity index (χ1n) is 8.65. The normalized spacial score (nSPS) is 17.2. The van der Waals surface area contributed by atoms with Crippen molar-refractivity contribution in [3.05, 3.63) is 60.3 Å². The van der Waals surface area contributed by atoms with Gasteiger partial charge in [0.2, 0.25) is 0 Å². The topological polar surface area (TPSA) is 68.6 Å². The predicted octanol–water partition coefficient (Wildman–Crippen LogP) is 2.54. The van der Waals surface area contributed by atoms with Gasteiger partial charge in [-0.15, -0.1) is 0 Å². The lowest BCUT2D eigenvalue weighted by Gasteiger charge is -2.25. The molecule has 0 aliphatic carbocycles. The van der Waals surface area contributed by atoms with Crippen LogP contribution in [0.3, 0.4) is 0 Å². The van der Waals surface area contributed by atoms with Crippen molar-refractivity contribution in [1.82, 2.24) is 8.28 Å². The Morgan fingerprint density at radius 3 is 2.41 bits per heavy atom. The molecule has 1 atom stereocenters. The first kappa shape index (κ1) is 18.4. The zero-order valence-corrected chi connectivity index (χ0v) is 16.5. The Kier molecular flexibility index (Phi) is 4.90. The Bertz CT molecular complexity index is 1100. The van der Waals surface area contributed by atoms with E-state index in [0.717, 1.165) is 5.56 Å². The number of aromatic nitrogens is 1. The fourth-order valence-corrected chi connectivity index (χ4v) is 5.81. The quantitative estimate of drug-likeness (QED) is 0.670. The van der Waals surface area contributed by atoms with Crippen LogP contribution < -0.4 is 0 Å². The molecule has 0 N–H and O–H groups in total. The van der Waals surface area contributed by atoms with Crippen molar-refractivity contribution in [2.24, 2.45) is 0 Å². The molecule has 3 aromatic rings. The van der Waals surface area contributed by atoms with Crippen LogP contribution in [0.4, 0.5) is 0 Å². The molecule has 0 amide bonds. The molecule has 1 aromatic heterocycles. The molecule has 4 rings (SSSR count). The van der Waals surface area contributed by atoms with E-state index in [9.17, 15) is 12.6 Å². The molecular formula is C19H20N2O4S2. The molecule has 6 nitrogen and oxygen atoms in total. The van der Waals surface area contributed by atoms with Gasteiger partial charge in [-0.25, -0.2) is 20.9 Å². The average molecular weight is 405 g/mol. The van der Waals surface area contributed by atoms with Crippen LogP contribution in [0.15, 0.2) is 64.5 Å². The zero-order chi connectivity index (χ0) is 19.0. The molecule has 1 aliphatic heterocycles. The summed E-state index contributed by atoms with van der Waals surface area (Å²) in [6.45, 7) is 4.18. The molecule has 0 saturated carbocycles. The molecule has 0 radical (unpaired) electrons. The molecule has 1 saturated heterocycles. The summed E-state index contributed by atoms with van der Waals surface area (Å²) in [4.78, 5) is 0.845. The lowest BCUT2D eigenvalue weighted by Crippen LogP contribution is -2.37. The van der Waals surface area contributed by atoms with Crippen LogP contribution in [0, 0.1) is 6.92 Å². The van der Waals surface area contributed by atoms with Gasteiger partial charge in [-0.1, -0.05) is 23.8 Å². The molecule has 0 bridgehead atoms. The summed E-state index contributed by atoms with van der Waals surface area (Å²) in [6, 6.07) is 13.7. The molecule has 8 heteroatoms. The van der Waals surface area contributed by atoms with Crippen molar-refractivity contribution in [2.75, 3.05) is 26.3 Å². The molecule has 2 heterocycles. The third-order valence-corrected chi connectivity index (χ3v) is 7.90. The number of rotatable bonds is 4. The van der Waals surface area contributed by atoms with Gasteiger partial charge in [0, 0.05) is 24.7 Å². The van der Waals surface area contributed by atoms with E-state index in [2.05, 4.69) is 0 Å². The zero-order valence-electron chi connectivity index (χ0n) is 14.9. The van der Waals surface area contributed by atoms with Crippen molar-refractivity contribution < 1.29 is 17.4 Å². The minimum absolute atomic E-state index is 0.227. The molecule has 1 unspecified atom stereocenters. The van der Waals surface area contributed by atoms with Crippen LogP contribution in [-0.4, -0.2) is 47.2 Å². The summed E-state index contributed by atoms with van der Waals surface area (Å²) in [7, 11) is -5.08. The Hall–Kier alpha value is -2.00. The summed E-state index contributed by atoms with van der Waals surface area (Å²) < 4.78 is 47.6. The van der Waals surface area contributed by atoms with Crippen molar-refractivity contribution in [2.45, 2.75) is 16.7 Å². The van der Waals surface area contributed by atoms with Gasteiger partial charge in [0.25, 0.3) is 10.0 Å². The molecule has 27 heavy (non-hydrogen) atoms. The van der Waals surface area contributed by atoms with Crippen molar-refractivity contribution in [3.63, 3.8) is 0 Å². The highest BCUT2D eigenvalue weighted by Crippen LogP contribution is 2.28. The maximum atomic E-state index is 13.1. The number of hydrogen-bond acceptors (Lipinski definition) is 4. The highest BCUT2D eigenvalue weighted by molar-refractivity contribution is 7.90. The van der Waals surface area contributed by atoms with E-state index < -0.39 is 21.0 Å². The Morgan fingerprint density at radius 1 is 1.00 bits per heavy atom. The van der Waals surface area contributed by atoms with Gasteiger partial charge in [0.15, 0.2) is 0 Å². The lowest BCUT2D eigenvalue weighted by molar-refractivity contribution is 0.0752. The van der Waals surface area contributed by atoms with Gasteiger partial charge >= 0.3 is 0 Å². The average Bonchev–Trinajstić information content (AvgIpc) is 3.13. The Labute approximate surface area is 161 Å². The van der Waals surface area contributed by atoms with Gasteiger partial charge in [0.05, 0.1) is 28.5 Å². The maximum absolute atomic E-state index is 13.1. The standard InChI is InChI=1S/C19H20N2O4S2/c1-15-5-7-16(8-6-15)27(23,24)21-10-9-17-18(21)3-2-4-19(17)26(22)20-11-13-25-14-12-20/h2-10H,11-14H2,1H3. The first-order chi connectivity index (χ1) is 13.0. The summed E-state index contributed by atoms with van der Waals surface area (Å²) in [5, 5.41) is 0.679. The molecule has 2 aromatic carbocycles. The van der Waals surface area contributed by atoms with Gasteiger partial charge in [0.1, 0.15) is 11.0 Å². The van der Waals surface area contributed by atoms with Gasteiger partial charge in [-0.2, -0.15) is 0 Å². The maximum Gasteiger partial charge on any atom is 0.268 e. The minimum atomic E-state index is -3.72. The number of benzene rings is 2. The number of morpholine rings is 1. The fraction of sp³-hybridized carbons (Fsp3) is 0.263. The third-order valence-electron chi connectivity index (χ3n) is 4.63. The monoisotopic (exact) mass is 404 g/mol. The van der Waals surface area contributed by atoms with Crippen LogP contribution in [-0.2, 0) is 25.7 Å². The lowest BCUT2D eigenvalue weighted by atomic mass is 10.2. The number of nitrogens with zero attached hydrogens (tertiary/aromatic N) is 2. The molecule has 0 spiro atoms. The van der Waals surface area contributed by atoms with E-state index in [-0.39, 0.29) is 4.90 Å². The van der Waals surface area contributed by atoms with Crippen LogP contribution in [0.5, 0.6) is 0 Å². The van der Waals surface area contributed by atoms with E-state index >= 15 is 0 Å². The number of hydrogen-bond donors (Lipinski definition) is 0. The van der Waals surface area contributed by atoms with Crippen LogP contribution >= 0.6 is 0 Å². The largest absolute Gasteiger partial charge is 0.379 e. The van der Waals surface area contributed by atoms with Crippen molar-refractivity contribution in [1.29, 1.82) is 0 Å². The number of ether oxygens (including phenoxy) is 1. The summed E-state index contributed by atoms with van der Waals surface area (Å²) in [5.74, 6) is 0. The summed E-state index contributed by atoms with van der Waals surface area (Å²) >= 11 is 0. The Balaban J connectivity index is 1.78. The smallest absolute Gasteiger partial charge is 0.268 e. The fourth-order valence-electron chi connectivity index (χ4n) is 3.15. The summed E-state index contributed by atoms with van der Waals surface area (Å²) in [5.41, 5.74) is 1.52. The van der Waals surface area contributed by atoms with Crippen LogP contribution in [0.2, 0.25) is 0 Å². The number of aryl methyl sites for hydroxylation is 1. The van der Waals surface area contributed by atoms with Gasteiger partial charge in [-0.05, 0) is 37.3 Å². The van der Waals surface area contributed by atoms with Crippen molar-refractivity contribution in [3.8, 4) is 0 Å². The van der Waals surface area contributed by atoms with Crippen molar-refractivity contribution >= 4 is 31.9 Å². The second kappa shape index (κ2) is 7.20. The molecule has 142 valence electrons. The summed E-state index contributed by atoms with van der Waals surface area (Å²) in [6.07, 6.45) is 1.53. The van der Waals surface area contributed by atoms with Gasteiger partial charge in [-0.3, -0.25) is 0 Å².